The SMILES string of the molecule is CCOC(CCNC(C)CCCO)OCC. The van der Waals surface area contributed by atoms with Crippen LogP contribution in [-0.2, 0) is 9.47 Å². The van der Waals surface area contributed by atoms with Gasteiger partial charge in [0.25, 0.3) is 0 Å². The molecule has 0 rings (SSSR count). The van der Waals surface area contributed by atoms with Gasteiger partial charge in [-0.1, -0.05) is 0 Å². The van der Waals surface area contributed by atoms with E-state index in [1.54, 1.807) is 0 Å². The van der Waals surface area contributed by atoms with E-state index in [-0.39, 0.29) is 12.9 Å². The molecule has 0 aromatic rings. The minimum absolute atomic E-state index is 0.0902. The van der Waals surface area contributed by atoms with Crippen LogP contribution in [0, 0.1) is 0 Å². The minimum Gasteiger partial charge on any atom is -0.396 e. The fraction of sp³-hybridized carbons (Fsp3) is 1.00. The van der Waals surface area contributed by atoms with Crippen LogP contribution in [0.1, 0.15) is 40.0 Å². The highest BCUT2D eigenvalue weighted by Crippen LogP contribution is 2.01. The lowest BCUT2D eigenvalue weighted by molar-refractivity contribution is -0.138. The van der Waals surface area contributed by atoms with Crippen molar-refractivity contribution in [2.45, 2.75) is 52.4 Å². The molecule has 1 unspecified atom stereocenters. The summed E-state index contributed by atoms with van der Waals surface area (Å²) in [6, 6.07) is 0.441. The van der Waals surface area contributed by atoms with Crippen molar-refractivity contribution in [3.8, 4) is 0 Å². The largest absolute Gasteiger partial charge is 0.396 e. The maximum absolute atomic E-state index is 8.70. The van der Waals surface area contributed by atoms with Crippen LogP contribution >= 0.6 is 0 Å². The van der Waals surface area contributed by atoms with Gasteiger partial charge in [0.1, 0.15) is 0 Å². The van der Waals surface area contributed by atoms with E-state index in [1.807, 2.05) is 13.8 Å². The Morgan fingerprint density at radius 1 is 1.12 bits per heavy atom. The zero-order valence-electron chi connectivity index (χ0n) is 10.9. The molecule has 0 fully saturated rings. The first-order chi connectivity index (χ1) is 7.74. The average Bonchev–Trinajstić information content (AvgIpc) is 2.27. The number of hydrogen-bond acceptors (Lipinski definition) is 4. The maximum atomic E-state index is 8.70. The molecule has 4 heteroatoms. The minimum atomic E-state index is -0.0902. The zero-order valence-corrected chi connectivity index (χ0v) is 10.9. The first-order valence-electron chi connectivity index (χ1n) is 6.32. The summed E-state index contributed by atoms with van der Waals surface area (Å²) in [5.41, 5.74) is 0. The molecule has 0 aliphatic carbocycles. The highest BCUT2D eigenvalue weighted by atomic mass is 16.7. The van der Waals surface area contributed by atoms with Gasteiger partial charge in [0.2, 0.25) is 0 Å². The number of ether oxygens (including phenoxy) is 2. The van der Waals surface area contributed by atoms with Crippen molar-refractivity contribution in [1.82, 2.24) is 5.32 Å². The highest BCUT2D eigenvalue weighted by molar-refractivity contribution is 4.61. The van der Waals surface area contributed by atoms with Gasteiger partial charge in [-0.3, -0.25) is 0 Å². The number of hydrogen-bond donors (Lipinski definition) is 2. The molecular weight excluding hydrogens is 206 g/mol. The molecule has 0 radical (unpaired) electrons. The maximum Gasteiger partial charge on any atom is 0.158 e. The van der Waals surface area contributed by atoms with E-state index < -0.39 is 0 Å². The highest BCUT2D eigenvalue weighted by Gasteiger charge is 2.08. The number of aliphatic hydroxyl groups is 1. The second-order valence-electron chi connectivity index (χ2n) is 3.85. The van der Waals surface area contributed by atoms with E-state index in [0.717, 1.165) is 25.8 Å². The molecule has 0 aromatic heterocycles. The summed E-state index contributed by atoms with van der Waals surface area (Å²) in [5, 5.41) is 12.1. The van der Waals surface area contributed by atoms with Crippen LogP contribution in [0.3, 0.4) is 0 Å². The molecule has 0 aliphatic rings. The van der Waals surface area contributed by atoms with E-state index in [4.69, 9.17) is 14.6 Å². The molecule has 0 saturated carbocycles. The molecule has 4 nitrogen and oxygen atoms in total. The molecule has 98 valence electrons. The van der Waals surface area contributed by atoms with E-state index >= 15 is 0 Å². The van der Waals surface area contributed by atoms with Crippen LogP contribution in [0.5, 0.6) is 0 Å². The lowest BCUT2D eigenvalue weighted by Gasteiger charge is -2.19. The van der Waals surface area contributed by atoms with Gasteiger partial charge >= 0.3 is 0 Å². The average molecular weight is 233 g/mol. The first kappa shape index (κ1) is 15.8. The van der Waals surface area contributed by atoms with Crippen molar-refractivity contribution in [2.24, 2.45) is 0 Å². The lowest BCUT2D eigenvalue weighted by Crippen LogP contribution is -2.31. The molecule has 0 spiro atoms. The van der Waals surface area contributed by atoms with Crippen molar-refractivity contribution in [3.05, 3.63) is 0 Å². The van der Waals surface area contributed by atoms with Crippen molar-refractivity contribution in [2.75, 3.05) is 26.4 Å². The molecule has 0 heterocycles. The summed E-state index contributed by atoms with van der Waals surface area (Å²) in [5.74, 6) is 0. The molecule has 16 heavy (non-hydrogen) atoms. The fourth-order valence-electron chi connectivity index (χ4n) is 1.53. The van der Waals surface area contributed by atoms with Gasteiger partial charge in [-0.2, -0.15) is 0 Å². The molecule has 0 amide bonds. The van der Waals surface area contributed by atoms with Crippen LogP contribution in [0.15, 0.2) is 0 Å². The Hall–Kier alpha value is -0.160. The predicted octanol–water partition coefficient (Wildman–Crippen LogP) is 1.53. The third-order valence-corrected chi connectivity index (χ3v) is 2.37. The molecule has 2 N–H and O–H groups in total. The Balaban J connectivity index is 3.51. The van der Waals surface area contributed by atoms with Crippen LogP contribution in [-0.4, -0.2) is 43.8 Å². The second kappa shape index (κ2) is 11.3. The topological polar surface area (TPSA) is 50.7 Å². The normalized spacial score (nSPS) is 13.3. The quantitative estimate of drug-likeness (QED) is 0.531. The summed E-state index contributed by atoms with van der Waals surface area (Å²) >= 11 is 0. The van der Waals surface area contributed by atoms with Crippen LogP contribution < -0.4 is 5.32 Å². The predicted molar refractivity (Wildman–Crippen MR) is 65.4 cm³/mol. The molecule has 0 aromatic carbocycles. The van der Waals surface area contributed by atoms with E-state index in [0.29, 0.717) is 19.3 Å². The van der Waals surface area contributed by atoms with Crippen LogP contribution in [0.2, 0.25) is 0 Å². The smallest absolute Gasteiger partial charge is 0.158 e. The summed E-state index contributed by atoms with van der Waals surface area (Å²) < 4.78 is 10.9. The van der Waals surface area contributed by atoms with Crippen molar-refractivity contribution >= 4 is 0 Å². The van der Waals surface area contributed by atoms with Crippen molar-refractivity contribution < 1.29 is 14.6 Å². The Morgan fingerprint density at radius 3 is 2.25 bits per heavy atom. The van der Waals surface area contributed by atoms with Gasteiger partial charge in [-0.25, -0.2) is 0 Å². The third kappa shape index (κ3) is 9.09. The Morgan fingerprint density at radius 2 is 1.75 bits per heavy atom. The number of nitrogens with one attached hydrogen (secondary N) is 1. The van der Waals surface area contributed by atoms with Crippen LogP contribution in [0.25, 0.3) is 0 Å². The number of aliphatic hydroxyl groups excluding tert-OH is 1. The monoisotopic (exact) mass is 233 g/mol. The van der Waals surface area contributed by atoms with Gasteiger partial charge in [-0.05, 0) is 33.6 Å². The van der Waals surface area contributed by atoms with Gasteiger partial charge in [0.15, 0.2) is 6.29 Å². The molecular formula is C12H27NO3. The van der Waals surface area contributed by atoms with E-state index in [2.05, 4.69) is 12.2 Å². The summed E-state index contributed by atoms with van der Waals surface area (Å²) in [6.07, 6.45) is 2.64. The summed E-state index contributed by atoms with van der Waals surface area (Å²) in [4.78, 5) is 0. The van der Waals surface area contributed by atoms with Gasteiger partial charge in [0, 0.05) is 38.8 Å². The third-order valence-electron chi connectivity index (χ3n) is 2.37. The van der Waals surface area contributed by atoms with E-state index in [9.17, 15) is 0 Å². The number of rotatable bonds is 11. The van der Waals surface area contributed by atoms with Crippen molar-refractivity contribution in [1.29, 1.82) is 0 Å². The second-order valence-corrected chi connectivity index (χ2v) is 3.85. The molecule has 0 bridgehead atoms. The van der Waals surface area contributed by atoms with Crippen molar-refractivity contribution in [3.63, 3.8) is 0 Å². The van der Waals surface area contributed by atoms with E-state index in [1.165, 1.54) is 0 Å². The van der Waals surface area contributed by atoms with Gasteiger partial charge < -0.3 is 19.9 Å². The van der Waals surface area contributed by atoms with Gasteiger partial charge in [0.05, 0.1) is 0 Å². The first-order valence-corrected chi connectivity index (χ1v) is 6.32. The van der Waals surface area contributed by atoms with Gasteiger partial charge in [-0.15, -0.1) is 0 Å². The standard InChI is InChI=1S/C12H27NO3/c1-4-15-12(16-5-2)8-9-13-11(3)7-6-10-14/h11-14H,4-10H2,1-3H3. The molecule has 0 aliphatic heterocycles. The Labute approximate surface area is 99.3 Å². The Bertz CT molecular complexity index is 138. The molecule has 1 atom stereocenters. The fourth-order valence-corrected chi connectivity index (χ4v) is 1.53. The van der Waals surface area contributed by atoms with Crippen LogP contribution in [0.4, 0.5) is 0 Å². The zero-order chi connectivity index (χ0) is 12.2. The summed E-state index contributed by atoms with van der Waals surface area (Å²) in [6.45, 7) is 8.61. The molecule has 0 saturated heterocycles. The lowest BCUT2D eigenvalue weighted by atomic mass is 10.2. The summed E-state index contributed by atoms with van der Waals surface area (Å²) in [7, 11) is 0. The Kier molecular flexibility index (Phi) is 11.2.